The topological polar surface area (TPSA) is 0 Å². The van der Waals surface area contributed by atoms with Gasteiger partial charge in [0, 0.05) is 15.3 Å². The summed E-state index contributed by atoms with van der Waals surface area (Å²) >= 11 is 3.63. The fourth-order valence-corrected chi connectivity index (χ4v) is 4.88. The Morgan fingerprint density at radius 3 is 2.00 bits per heavy atom. The first-order valence-electron chi connectivity index (χ1n) is 8.20. The molecule has 0 aliphatic heterocycles. The van der Waals surface area contributed by atoms with Crippen molar-refractivity contribution in [3.05, 3.63) is 70.9 Å². The molecule has 0 saturated carbocycles. The van der Waals surface area contributed by atoms with Crippen LogP contribution >= 0.6 is 22.7 Å². The highest BCUT2D eigenvalue weighted by Crippen LogP contribution is 2.43. The van der Waals surface area contributed by atoms with Gasteiger partial charge in [-0.05, 0) is 50.2 Å². The summed E-state index contributed by atoms with van der Waals surface area (Å²) in [6, 6.07) is 20.1. The van der Waals surface area contributed by atoms with Crippen LogP contribution in [0.25, 0.3) is 31.7 Å². The maximum Gasteiger partial charge on any atom is 0.0351 e. The van der Waals surface area contributed by atoms with Gasteiger partial charge in [-0.2, -0.15) is 0 Å². The monoisotopic (exact) mass is 348 g/mol. The summed E-state index contributed by atoms with van der Waals surface area (Å²) in [6.45, 7) is 6.90. The second kappa shape index (κ2) is 5.87. The Balaban J connectivity index is 2.10. The third-order valence-corrected chi connectivity index (χ3v) is 6.21. The van der Waals surface area contributed by atoms with Crippen molar-refractivity contribution in [2.24, 2.45) is 0 Å². The second-order valence-corrected chi connectivity index (χ2v) is 8.99. The molecule has 4 rings (SSSR count). The summed E-state index contributed by atoms with van der Waals surface area (Å²) in [7, 11) is 0. The molecule has 0 spiro atoms. The second-order valence-electron chi connectivity index (χ2n) is 7.09. The average molecular weight is 349 g/mol. The van der Waals surface area contributed by atoms with Crippen molar-refractivity contribution in [1.82, 2.24) is 0 Å². The molecule has 2 heterocycles. The van der Waals surface area contributed by atoms with E-state index in [1.54, 1.807) is 11.3 Å². The quantitative estimate of drug-likeness (QED) is 0.350. The lowest BCUT2D eigenvalue weighted by Gasteiger charge is -2.24. The number of thiophene rings is 2. The van der Waals surface area contributed by atoms with Crippen molar-refractivity contribution in [1.29, 1.82) is 0 Å². The lowest BCUT2D eigenvalue weighted by atomic mass is 9.81. The molecule has 0 bridgehead atoms. The molecule has 0 atom stereocenters. The Morgan fingerprint density at radius 1 is 0.667 bits per heavy atom. The summed E-state index contributed by atoms with van der Waals surface area (Å²) in [5.41, 5.74) is 4.27. The standard InChI is InChI=1S/C22H20S2/c1-22(2,3)18-12-11-15-16(19-9-5-13-23-19)7-4-8-17(15)21(18)20-10-6-14-24-20/h4-14H,1-3H3. The first-order valence-corrected chi connectivity index (χ1v) is 9.95. The predicted octanol–water partition coefficient (Wildman–Crippen LogP) is 7.59. The van der Waals surface area contributed by atoms with E-state index in [-0.39, 0.29) is 5.41 Å². The van der Waals surface area contributed by atoms with E-state index in [4.69, 9.17) is 0 Å². The molecular formula is C22H20S2. The molecule has 2 aromatic heterocycles. The van der Waals surface area contributed by atoms with E-state index in [0.717, 1.165) is 0 Å². The molecule has 0 fully saturated rings. The Labute approximate surface area is 151 Å². The summed E-state index contributed by atoms with van der Waals surface area (Å²) in [6.07, 6.45) is 0. The van der Waals surface area contributed by atoms with Crippen LogP contribution in [0.2, 0.25) is 0 Å². The fourth-order valence-electron chi connectivity index (χ4n) is 3.32. The van der Waals surface area contributed by atoms with Gasteiger partial charge < -0.3 is 0 Å². The molecule has 24 heavy (non-hydrogen) atoms. The van der Waals surface area contributed by atoms with E-state index in [1.807, 2.05) is 11.3 Å². The van der Waals surface area contributed by atoms with Gasteiger partial charge in [0.25, 0.3) is 0 Å². The van der Waals surface area contributed by atoms with Gasteiger partial charge in [-0.15, -0.1) is 22.7 Å². The minimum atomic E-state index is 0.118. The highest BCUT2D eigenvalue weighted by atomic mass is 32.1. The van der Waals surface area contributed by atoms with E-state index >= 15 is 0 Å². The molecule has 0 unspecified atom stereocenters. The Hall–Kier alpha value is -1.90. The summed E-state index contributed by atoms with van der Waals surface area (Å²) in [5.74, 6) is 0. The molecule has 0 amide bonds. The van der Waals surface area contributed by atoms with Crippen LogP contribution < -0.4 is 0 Å². The number of rotatable bonds is 2. The van der Waals surface area contributed by atoms with Crippen LogP contribution in [-0.4, -0.2) is 0 Å². The van der Waals surface area contributed by atoms with Gasteiger partial charge in [-0.25, -0.2) is 0 Å². The van der Waals surface area contributed by atoms with E-state index in [1.165, 1.54) is 37.2 Å². The van der Waals surface area contributed by atoms with Crippen LogP contribution in [0.4, 0.5) is 0 Å². The Morgan fingerprint density at radius 2 is 1.38 bits per heavy atom. The SMILES string of the molecule is CC(C)(C)c1ccc2c(-c3cccs3)cccc2c1-c1cccs1. The molecule has 0 saturated heterocycles. The summed E-state index contributed by atoms with van der Waals surface area (Å²) in [4.78, 5) is 2.69. The minimum absolute atomic E-state index is 0.118. The average Bonchev–Trinajstić information content (AvgIpc) is 3.25. The third kappa shape index (κ3) is 2.60. The van der Waals surface area contributed by atoms with Crippen molar-refractivity contribution in [3.8, 4) is 20.9 Å². The van der Waals surface area contributed by atoms with Gasteiger partial charge in [-0.3, -0.25) is 0 Å². The molecule has 0 aliphatic carbocycles. The largest absolute Gasteiger partial charge is 0.144 e. The van der Waals surface area contributed by atoms with Crippen molar-refractivity contribution >= 4 is 33.4 Å². The first kappa shape index (κ1) is 15.6. The molecule has 0 aliphatic rings. The maximum atomic E-state index is 2.33. The highest BCUT2D eigenvalue weighted by Gasteiger charge is 2.22. The lowest BCUT2D eigenvalue weighted by Crippen LogP contribution is -2.12. The van der Waals surface area contributed by atoms with Gasteiger partial charge in [0.2, 0.25) is 0 Å². The number of benzene rings is 2. The molecule has 0 N–H and O–H groups in total. The van der Waals surface area contributed by atoms with Gasteiger partial charge in [0.15, 0.2) is 0 Å². The van der Waals surface area contributed by atoms with E-state index in [9.17, 15) is 0 Å². The Bertz CT molecular complexity index is 969. The van der Waals surface area contributed by atoms with E-state index in [2.05, 4.69) is 86.1 Å². The highest BCUT2D eigenvalue weighted by molar-refractivity contribution is 7.14. The molecule has 120 valence electrons. The van der Waals surface area contributed by atoms with Gasteiger partial charge in [0.1, 0.15) is 0 Å². The van der Waals surface area contributed by atoms with Crippen LogP contribution in [-0.2, 0) is 5.41 Å². The molecule has 4 aromatic rings. The maximum absolute atomic E-state index is 2.33. The van der Waals surface area contributed by atoms with Gasteiger partial charge in [-0.1, -0.05) is 63.2 Å². The van der Waals surface area contributed by atoms with Gasteiger partial charge >= 0.3 is 0 Å². The zero-order valence-corrected chi connectivity index (χ0v) is 15.8. The molecule has 2 heteroatoms. The van der Waals surface area contributed by atoms with E-state index in [0.29, 0.717) is 0 Å². The zero-order valence-electron chi connectivity index (χ0n) is 14.2. The first-order chi connectivity index (χ1) is 11.6. The van der Waals surface area contributed by atoms with Gasteiger partial charge in [0.05, 0.1) is 0 Å². The fraction of sp³-hybridized carbons (Fsp3) is 0.182. The van der Waals surface area contributed by atoms with Crippen LogP contribution in [0, 0.1) is 0 Å². The van der Waals surface area contributed by atoms with Crippen molar-refractivity contribution < 1.29 is 0 Å². The Kier molecular flexibility index (Phi) is 3.82. The molecular weight excluding hydrogens is 328 g/mol. The van der Waals surface area contributed by atoms with Crippen LogP contribution in [0.3, 0.4) is 0 Å². The number of fused-ring (bicyclic) bond motifs is 1. The summed E-state index contributed by atoms with van der Waals surface area (Å²) < 4.78 is 0. The summed E-state index contributed by atoms with van der Waals surface area (Å²) in [5, 5.41) is 7.02. The van der Waals surface area contributed by atoms with Crippen LogP contribution in [0.5, 0.6) is 0 Å². The van der Waals surface area contributed by atoms with Crippen molar-refractivity contribution in [2.45, 2.75) is 26.2 Å². The minimum Gasteiger partial charge on any atom is -0.144 e. The molecule has 2 aromatic carbocycles. The third-order valence-electron chi connectivity index (χ3n) is 4.42. The number of hydrogen-bond acceptors (Lipinski definition) is 2. The van der Waals surface area contributed by atoms with Crippen molar-refractivity contribution in [2.75, 3.05) is 0 Å². The molecule has 0 nitrogen and oxygen atoms in total. The molecule has 0 radical (unpaired) electrons. The van der Waals surface area contributed by atoms with E-state index < -0.39 is 0 Å². The number of hydrogen-bond donors (Lipinski definition) is 0. The van der Waals surface area contributed by atoms with Crippen LogP contribution in [0.1, 0.15) is 26.3 Å². The smallest absolute Gasteiger partial charge is 0.0351 e. The normalized spacial score (nSPS) is 12.0. The predicted molar refractivity (Wildman–Crippen MR) is 109 cm³/mol. The van der Waals surface area contributed by atoms with Crippen LogP contribution in [0.15, 0.2) is 65.4 Å². The lowest BCUT2D eigenvalue weighted by molar-refractivity contribution is 0.593. The zero-order chi connectivity index (χ0) is 16.7. The van der Waals surface area contributed by atoms with Crippen molar-refractivity contribution in [3.63, 3.8) is 0 Å².